The van der Waals surface area contributed by atoms with E-state index in [1.807, 2.05) is 92.4 Å². The average molecular weight is 659 g/mol. The van der Waals surface area contributed by atoms with Gasteiger partial charge in [-0.1, -0.05) is 42.0 Å². The van der Waals surface area contributed by atoms with Gasteiger partial charge in [-0.3, -0.25) is 9.59 Å². The zero-order valence-corrected chi connectivity index (χ0v) is 25.7. The molecule has 1 heterocycles. The average Bonchev–Trinajstić information content (AvgIpc) is 3.22. The first-order valence-corrected chi connectivity index (χ1v) is 14.9. The number of thioether (sulfide) groups is 1. The fourth-order valence-electron chi connectivity index (χ4n) is 5.08. The normalized spacial score (nSPS) is 19.0. The minimum atomic E-state index is -1.07. The number of aryl methyl sites for hydroxylation is 1. The maximum Gasteiger partial charge on any atom is 0.239 e. The van der Waals surface area contributed by atoms with Crippen molar-refractivity contribution in [3.8, 4) is 5.75 Å². The fraction of sp³-hybridized carbons (Fsp3) is 0.355. The standard InChI is InChI=1S/C31H35IN2O4S/c1-20(2)34-28(36)18-31(39-25-12-5-21(3)6-13-25,29(34)26-14-9-23(19-35)17-27(26)32)30(37)33-16-15-22-7-10-24(38-4)11-8-22/h5-14,17,20,29,35H,15-16,18-19H2,1-4H3,(H,33,37)/t29-,31-/m1/s1. The lowest BCUT2D eigenvalue weighted by Crippen LogP contribution is -2.49. The molecular formula is C31H35IN2O4S. The van der Waals surface area contributed by atoms with Crippen LogP contribution in [-0.4, -0.2) is 46.3 Å². The molecule has 3 aromatic rings. The van der Waals surface area contributed by atoms with Crippen LogP contribution in [0, 0.1) is 10.5 Å². The Morgan fingerprint density at radius 3 is 2.38 bits per heavy atom. The topological polar surface area (TPSA) is 78.9 Å². The molecule has 0 radical (unpaired) electrons. The lowest BCUT2D eigenvalue weighted by molar-refractivity contribution is -0.130. The van der Waals surface area contributed by atoms with Crippen LogP contribution >= 0.6 is 34.4 Å². The Balaban J connectivity index is 1.73. The van der Waals surface area contributed by atoms with Gasteiger partial charge in [0, 0.05) is 21.1 Å². The van der Waals surface area contributed by atoms with Crippen LogP contribution in [0.4, 0.5) is 0 Å². The molecule has 1 fully saturated rings. The largest absolute Gasteiger partial charge is 0.497 e. The van der Waals surface area contributed by atoms with E-state index in [1.54, 1.807) is 7.11 Å². The highest BCUT2D eigenvalue weighted by Crippen LogP contribution is 2.54. The Kier molecular flexibility index (Phi) is 9.61. The van der Waals surface area contributed by atoms with Crippen molar-refractivity contribution in [2.75, 3.05) is 13.7 Å². The van der Waals surface area contributed by atoms with E-state index >= 15 is 0 Å². The second-order valence-electron chi connectivity index (χ2n) is 10.1. The molecule has 0 aliphatic carbocycles. The summed E-state index contributed by atoms with van der Waals surface area (Å²) >= 11 is 3.73. The number of nitrogens with zero attached hydrogens (tertiary/aromatic N) is 1. The van der Waals surface area contributed by atoms with Crippen LogP contribution in [0.25, 0.3) is 0 Å². The summed E-state index contributed by atoms with van der Waals surface area (Å²) in [6.07, 6.45) is 0.761. The molecule has 4 rings (SSSR count). The summed E-state index contributed by atoms with van der Waals surface area (Å²) < 4.78 is 5.10. The Hall–Kier alpha value is -2.56. The Bertz CT molecular complexity index is 1310. The number of carbonyl (C=O) groups excluding carboxylic acids is 2. The third-order valence-corrected chi connectivity index (χ3v) is 9.44. The van der Waals surface area contributed by atoms with Crippen molar-refractivity contribution in [3.63, 3.8) is 0 Å². The maximum atomic E-state index is 14.3. The van der Waals surface area contributed by atoms with Crippen molar-refractivity contribution in [2.24, 2.45) is 0 Å². The first-order chi connectivity index (χ1) is 18.7. The minimum Gasteiger partial charge on any atom is -0.497 e. The molecule has 0 unspecified atom stereocenters. The summed E-state index contributed by atoms with van der Waals surface area (Å²) in [6.45, 7) is 6.40. The van der Waals surface area contributed by atoms with Gasteiger partial charge in [-0.2, -0.15) is 0 Å². The molecule has 3 aromatic carbocycles. The number of nitrogens with one attached hydrogen (secondary N) is 1. The number of rotatable bonds is 10. The second kappa shape index (κ2) is 12.7. The molecule has 39 heavy (non-hydrogen) atoms. The number of methoxy groups -OCH3 is 1. The van der Waals surface area contributed by atoms with Crippen LogP contribution in [0.1, 0.15) is 48.6 Å². The van der Waals surface area contributed by atoms with E-state index in [0.717, 1.165) is 36.5 Å². The third kappa shape index (κ3) is 6.44. The minimum absolute atomic E-state index is 0.0399. The van der Waals surface area contributed by atoms with Crippen molar-refractivity contribution >= 4 is 46.2 Å². The number of halogens is 1. The third-order valence-electron chi connectivity index (χ3n) is 7.08. The predicted octanol–water partition coefficient (Wildman–Crippen LogP) is 5.67. The zero-order valence-electron chi connectivity index (χ0n) is 22.7. The number of aliphatic hydroxyl groups is 1. The van der Waals surface area contributed by atoms with Gasteiger partial charge in [0.1, 0.15) is 10.5 Å². The fourth-order valence-corrected chi connectivity index (χ4v) is 7.36. The van der Waals surface area contributed by atoms with Crippen molar-refractivity contribution in [3.05, 3.63) is 92.6 Å². The molecule has 2 amide bonds. The molecule has 1 aliphatic heterocycles. The van der Waals surface area contributed by atoms with Crippen molar-refractivity contribution in [1.82, 2.24) is 10.2 Å². The molecule has 0 bridgehead atoms. The summed E-state index contributed by atoms with van der Waals surface area (Å²) in [7, 11) is 1.64. The zero-order chi connectivity index (χ0) is 28.2. The Morgan fingerprint density at radius 2 is 1.79 bits per heavy atom. The van der Waals surface area contributed by atoms with Crippen LogP contribution in [0.15, 0.2) is 71.6 Å². The van der Waals surface area contributed by atoms with Crippen molar-refractivity contribution in [1.29, 1.82) is 0 Å². The highest BCUT2D eigenvalue weighted by molar-refractivity contribution is 14.1. The number of likely N-dealkylation sites (tertiary alicyclic amines) is 1. The molecule has 1 aliphatic rings. The molecular weight excluding hydrogens is 623 g/mol. The van der Waals surface area contributed by atoms with Gasteiger partial charge in [-0.25, -0.2) is 0 Å². The lowest BCUT2D eigenvalue weighted by Gasteiger charge is -2.38. The number of benzene rings is 3. The number of carbonyl (C=O) groups is 2. The van der Waals surface area contributed by atoms with Gasteiger partial charge in [0.2, 0.25) is 11.8 Å². The van der Waals surface area contributed by atoms with Gasteiger partial charge >= 0.3 is 0 Å². The molecule has 8 heteroatoms. The predicted molar refractivity (Wildman–Crippen MR) is 164 cm³/mol. The summed E-state index contributed by atoms with van der Waals surface area (Å²) in [6, 6.07) is 21.1. The Labute approximate surface area is 248 Å². The molecule has 2 atom stereocenters. The first kappa shape index (κ1) is 29.4. The molecule has 206 valence electrons. The van der Waals surface area contributed by atoms with Crippen LogP contribution < -0.4 is 10.1 Å². The summed E-state index contributed by atoms with van der Waals surface area (Å²) in [5.41, 5.74) is 3.93. The number of ether oxygens (including phenoxy) is 1. The van der Waals surface area contributed by atoms with Crippen LogP contribution in [-0.2, 0) is 22.6 Å². The SMILES string of the molecule is COc1ccc(CCNC(=O)[C@@]2(Sc3ccc(C)cc3)CC(=O)N(C(C)C)[C@@H]2c2ccc(CO)cc2I)cc1. The van der Waals surface area contributed by atoms with Gasteiger partial charge in [0.25, 0.3) is 0 Å². The summed E-state index contributed by atoms with van der Waals surface area (Å²) in [5, 5.41) is 12.9. The van der Waals surface area contributed by atoms with Crippen molar-refractivity contribution < 1.29 is 19.4 Å². The van der Waals surface area contributed by atoms with E-state index in [2.05, 4.69) is 27.9 Å². The van der Waals surface area contributed by atoms with Gasteiger partial charge in [0.15, 0.2) is 0 Å². The number of amides is 2. The van der Waals surface area contributed by atoms with Crippen LogP contribution in [0.2, 0.25) is 0 Å². The quantitative estimate of drug-likeness (QED) is 0.275. The van der Waals surface area contributed by atoms with E-state index in [0.29, 0.717) is 13.0 Å². The maximum absolute atomic E-state index is 14.3. The number of hydrogen-bond acceptors (Lipinski definition) is 5. The molecule has 0 spiro atoms. The van der Waals surface area contributed by atoms with Gasteiger partial charge in [0.05, 0.1) is 26.2 Å². The van der Waals surface area contributed by atoms with Crippen LogP contribution in [0.5, 0.6) is 5.75 Å². The van der Waals surface area contributed by atoms with Gasteiger partial charge in [-0.05, 0) is 96.8 Å². The molecule has 0 aromatic heterocycles. The molecule has 0 saturated carbocycles. The highest BCUT2D eigenvalue weighted by Gasteiger charge is 2.59. The highest BCUT2D eigenvalue weighted by atomic mass is 127. The number of hydrogen-bond donors (Lipinski definition) is 2. The molecule has 1 saturated heterocycles. The monoisotopic (exact) mass is 658 g/mol. The summed E-state index contributed by atoms with van der Waals surface area (Å²) in [5.74, 6) is 0.603. The Morgan fingerprint density at radius 1 is 1.13 bits per heavy atom. The van der Waals surface area contributed by atoms with Crippen molar-refractivity contribution in [2.45, 2.75) is 61.9 Å². The van der Waals surface area contributed by atoms with E-state index in [1.165, 1.54) is 11.8 Å². The summed E-state index contributed by atoms with van der Waals surface area (Å²) in [4.78, 5) is 30.7. The lowest BCUT2D eigenvalue weighted by atomic mass is 9.90. The van der Waals surface area contributed by atoms with Crippen LogP contribution in [0.3, 0.4) is 0 Å². The second-order valence-corrected chi connectivity index (χ2v) is 12.7. The molecule has 2 N–H and O–H groups in total. The van der Waals surface area contributed by atoms with E-state index in [4.69, 9.17) is 4.74 Å². The van der Waals surface area contributed by atoms with E-state index < -0.39 is 10.8 Å². The van der Waals surface area contributed by atoms with E-state index in [-0.39, 0.29) is 30.9 Å². The smallest absolute Gasteiger partial charge is 0.239 e. The number of aliphatic hydroxyl groups excluding tert-OH is 1. The van der Waals surface area contributed by atoms with Gasteiger partial charge < -0.3 is 20.1 Å². The first-order valence-electron chi connectivity index (χ1n) is 13.1. The van der Waals surface area contributed by atoms with E-state index in [9.17, 15) is 14.7 Å². The van der Waals surface area contributed by atoms with Gasteiger partial charge in [-0.15, -0.1) is 11.8 Å². The molecule has 6 nitrogen and oxygen atoms in total.